The van der Waals surface area contributed by atoms with Crippen LogP contribution < -0.4 is 10.6 Å². The molecule has 0 bridgehead atoms. The van der Waals surface area contributed by atoms with Crippen LogP contribution in [0, 0.1) is 0 Å². The number of nitrogens with one attached hydrogen (secondary N) is 2. The molecule has 0 amide bonds. The van der Waals surface area contributed by atoms with E-state index in [-0.39, 0.29) is 5.60 Å². The molecule has 1 rings (SSSR count). The highest BCUT2D eigenvalue weighted by molar-refractivity contribution is 7.09. The standard InChI is InChI=1S/C14H26N4OS/c1-10(2)11-8-20-12(18-11)7-16-13(15-5)17-9-14(3,4)19-6/h8,10H,7,9H2,1-6H3,(H2,15,16,17). The van der Waals surface area contributed by atoms with Gasteiger partial charge in [-0.1, -0.05) is 13.8 Å². The predicted octanol–water partition coefficient (Wildman–Crippen LogP) is 2.36. The van der Waals surface area contributed by atoms with Crippen LogP contribution in [0.5, 0.6) is 0 Å². The van der Waals surface area contributed by atoms with E-state index in [1.807, 2.05) is 13.8 Å². The summed E-state index contributed by atoms with van der Waals surface area (Å²) in [6, 6.07) is 0. The van der Waals surface area contributed by atoms with Gasteiger partial charge in [-0.15, -0.1) is 11.3 Å². The lowest BCUT2D eigenvalue weighted by Gasteiger charge is -2.24. The quantitative estimate of drug-likeness (QED) is 0.625. The molecule has 0 aliphatic carbocycles. The highest BCUT2D eigenvalue weighted by Gasteiger charge is 2.16. The summed E-state index contributed by atoms with van der Waals surface area (Å²) in [6.45, 7) is 9.74. The molecule has 0 saturated carbocycles. The zero-order valence-corrected chi connectivity index (χ0v) is 14.1. The fourth-order valence-electron chi connectivity index (χ4n) is 1.42. The summed E-state index contributed by atoms with van der Waals surface area (Å²) in [4.78, 5) is 8.79. The second-order valence-electron chi connectivity index (χ2n) is 5.56. The second kappa shape index (κ2) is 7.59. The van der Waals surface area contributed by atoms with Crippen molar-refractivity contribution in [1.82, 2.24) is 15.6 Å². The molecule has 0 saturated heterocycles. The first kappa shape index (κ1) is 16.9. The average molecular weight is 298 g/mol. The number of thiazole rings is 1. The molecule has 0 aromatic carbocycles. The lowest BCUT2D eigenvalue weighted by Crippen LogP contribution is -2.45. The number of hydrogen-bond donors (Lipinski definition) is 2. The first-order chi connectivity index (χ1) is 9.38. The van der Waals surface area contributed by atoms with Crippen LogP contribution in [-0.4, -0.2) is 37.2 Å². The van der Waals surface area contributed by atoms with Gasteiger partial charge in [0.25, 0.3) is 0 Å². The van der Waals surface area contributed by atoms with E-state index in [1.165, 1.54) is 0 Å². The van der Waals surface area contributed by atoms with Gasteiger partial charge in [0.1, 0.15) is 5.01 Å². The van der Waals surface area contributed by atoms with Gasteiger partial charge in [-0.05, 0) is 19.8 Å². The minimum atomic E-state index is -0.219. The molecule has 1 aromatic heterocycles. The van der Waals surface area contributed by atoms with Crippen LogP contribution in [0.15, 0.2) is 10.4 Å². The highest BCUT2D eigenvalue weighted by Crippen LogP contribution is 2.17. The molecule has 0 spiro atoms. The Morgan fingerprint density at radius 2 is 2.15 bits per heavy atom. The molecular formula is C14H26N4OS. The molecular weight excluding hydrogens is 272 g/mol. The third-order valence-corrected chi connectivity index (χ3v) is 3.89. The third kappa shape index (κ3) is 5.46. The monoisotopic (exact) mass is 298 g/mol. The zero-order valence-electron chi connectivity index (χ0n) is 13.3. The molecule has 0 fully saturated rings. The van der Waals surface area contributed by atoms with Crippen molar-refractivity contribution in [1.29, 1.82) is 0 Å². The third-order valence-electron chi connectivity index (χ3n) is 3.03. The van der Waals surface area contributed by atoms with Gasteiger partial charge < -0.3 is 15.4 Å². The topological polar surface area (TPSA) is 58.5 Å². The number of methoxy groups -OCH3 is 1. The van der Waals surface area contributed by atoms with Gasteiger partial charge in [-0.3, -0.25) is 4.99 Å². The van der Waals surface area contributed by atoms with Crippen LogP contribution in [0.4, 0.5) is 0 Å². The molecule has 2 N–H and O–H groups in total. The molecule has 0 radical (unpaired) electrons. The molecule has 6 heteroatoms. The summed E-state index contributed by atoms with van der Waals surface area (Å²) >= 11 is 1.68. The number of aromatic nitrogens is 1. The Kier molecular flexibility index (Phi) is 6.42. The molecule has 5 nitrogen and oxygen atoms in total. The first-order valence-electron chi connectivity index (χ1n) is 6.82. The summed E-state index contributed by atoms with van der Waals surface area (Å²) in [6.07, 6.45) is 0. The van der Waals surface area contributed by atoms with E-state index in [4.69, 9.17) is 4.74 Å². The van der Waals surface area contributed by atoms with E-state index >= 15 is 0 Å². The SMILES string of the molecule is CN=C(NCc1nc(C(C)C)cs1)NCC(C)(C)OC. The Morgan fingerprint density at radius 3 is 2.65 bits per heavy atom. The minimum absolute atomic E-state index is 0.219. The summed E-state index contributed by atoms with van der Waals surface area (Å²) in [7, 11) is 3.47. The van der Waals surface area contributed by atoms with Gasteiger partial charge in [-0.2, -0.15) is 0 Å². The van der Waals surface area contributed by atoms with Crippen molar-refractivity contribution in [2.45, 2.75) is 45.8 Å². The summed E-state index contributed by atoms with van der Waals surface area (Å²) in [5.41, 5.74) is 0.930. The Balaban J connectivity index is 2.45. The number of ether oxygens (including phenoxy) is 1. The molecule has 0 atom stereocenters. The number of guanidine groups is 1. The lowest BCUT2D eigenvalue weighted by molar-refractivity contribution is 0.0268. The predicted molar refractivity (Wildman–Crippen MR) is 85.5 cm³/mol. The highest BCUT2D eigenvalue weighted by atomic mass is 32.1. The second-order valence-corrected chi connectivity index (χ2v) is 6.51. The van der Waals surface area contributed by atoms with Crippen molar-refractivity contribution in [3.8, 4) is 0 Å². The smallest absolute Gasteiger partial charge is 0.191 e. The first-order valence-corrected chi connectivity index (χ1v) is 7.70. The maximum atomic E-state index is 5.37. The molecule has 0 aliphatic rings. The van der Waals surface area contributed by atoms with Crippen LogP contribution >= 0.6 is 11.3 Å². The summed E-state index contributed by atoms with van der Waals surface area (Å²) in [5.74, 6) is 1.23. The van der Waals surface area contributed by atoms with Crippen molar-refractivity contribution in [3.05, 3.63) is 16.1 Å². The molecule has 0 unspecified atom stereocenters. The fraction of sp³-hybridized carbons (Fsp3) is 0.714. The number of hydrogen-bond acceptors (Lipinski definition) is 4. The van der Waals surface area contributed by atoms with Crippen LogP contribution in [0.1, 0.15) is 44.3 Å². The van der Waals surface area contributed by atoms with E-state index < -0.39 is 0 Å². The van der Waals surface area contributed by atoms with Crippen LogP contribution in [0.3, 0.4) is 0 Å². The van der Waals surface area contributed by atoms with Gasteiger partial charge >= 0.3 is 0 Å². The maximum Gasteiger partial charge on any atom is 0.191 e. The Labute approximate surface area is 125 Å². The van der Waals surface area contributed by atoms with Crippen LogP contribution in [-0.2, 0) is 11.3 Å². The van der Waals surface area contributed by atoms with E-state index in [0.717, 1.165) is 16.7 Å². The van der Waals surface area contributed by atoms with E-state index in [2.05, 4.69) is 39.8 Å². The van der Waals surface area contributed by atoms with Gasteiger partial charge in [0.05, 0.1) is 17.8 Å². The normalized spacial score (nSPS) is 12.8. The van der Waals surface area contributed by atoms with Crippen molar-refractivity contribution < 1.29 is 4.74 Å². The van der Waals surface area contributed by atoms with Gasteiger partial charge in [0.15, 0.2) is 5.96 Å². The lowest BCUT2D eigenvalue weighted by atomic mass is 10.1. The Bertz CT molecular complexity index is 440. The largest absolute Gasteiger partial charge is 0.377 e. The Morgan fingerprint density at radius 1 is 1.45 bits per heavy atom. The zero-order chi connectivity index (χ0) is 15.2. The minimum Gasteiger partial charge on any atom is -0.377 e. The molecule has 114 valence electrons. The van der Waals surface area contributed by atoms with Crippen molar-refractivity contribution in [2.24, 2.45) is 4.99 Å². The molecule has 1 heterocycles. The molecule has 20 heavy (non-hydrogen) atoms. The Hall–Kier alpha value is -1.14. The van der Waals surface area contributed by atoms with E-state index in [9.17, 15) is 0 Å². The maximum absolute atomic E-state index is 5.37. The number of rotatable bonds is 6. The van der Waals surface area contributed by atoms with Gasteiger partial charge in [0.2, 0.25) is 0 Å². The average Bonchev–Trinajstić information content (AvgIpc) is 2.88. The summed E-state index contributed by atoms with van der Waals surface area (Å²) in [5, 5.41) is 9.71. The van der Waals surface area contributed by atoms with Crippen LogP contribution in [0.2, 0.25) is 0 Å². The number of nitrogens with zero attached hydrogens (tertiary/aromatic N) is 2. The van der Waals surface area contributed by atoms with E-state index in [1.54, 1.807) is 25.5 Å². The fourth-order valence-corrected chi connectivity index (χ4v) is 2.32. The number of aliphatic imine (C=N–C) groups is 1. The summed E-state index contributed by atoms with van der Waals surface area (Å²) < 4.78 is 5.37. The van der Waals surface area contributed by atoms with Crippen molar-refractivity contribution in [3.63, 3.8) is 0 Å². The molecule has 0 aliphatic heterocycles. The van der Waals surface area contributed by atoms with Crippen LogP contribution in [0.25, 0.3) is 0 Å². The van der Waals surface area contributed by atoms with Gasteiger partial charge in [0, 0.05) is 26.1 Å². The van der Waals surface area contributed by atoms with Gasteiger partial charge in [-0.25, -0.2) is 4.98 Å². The van der Waals surface area contributed by atoms with E-state index in [0.29, 0.717) is 19.0 Å². The van der Waals surface area contributed by atoms with Crippen molar-refractivity contribution >= 4 is 17.3 Å². The van der Waals surface area contributed by atoms with Crippen molar-refractivity contribution in [2.75, 3.05) is 20.7 Å². The molecule has 1 aromatic rings.